The molecule has 5 aromatic carbocycles. The summed E-state index contributed by atoms with van der Waals surface area (Å²) in [5.41, 5.74) is 6.95. The van der Waals surface area contributed by atoms with Gasteiger partial charge in [0.25, 0.3) is 11.8 Å². The normalized spacial score (nSPS) is 13.9. The number of anilines is 1. The smallest absolute Gasteiger partial charge is 0.411 e. The maximum absolute atomic E-state index is 13.5. The summed E-state index contributed by atoms with van der Waals surface area (Å²) in [7, 11) is 0. The Bertz CT molecular complexity index is 1890. The van der Waals surface area contributed by atoms with Gasteiger partial charge < -0.3 is 9.57 Å². The van der Waals surface area contributed by atoms with Gasteiger partial charge in [-0.3, -0.25) is 14.9 Å². The molecule has 0 bridgehead atoms. The highest BCUT2D eigenvalue weighted by Gasteiger charge is 2.40. The molecule has 0 aromatic heterocycles. The summed E-state index contributed by atoms with van der Waals surface area (Å²) in [6.07, 6.45) is -0.335. The minimum atomic E-state index is -0.800. The van der Waals surface area contributed by atoms with Crippen molar-refractivity contribution in [2.45, 2.75) is 18.3 Å². The minimum Gasteiger partial charge on any atom is -0.448 e. The SMILES string of the molecule is O=C(Nc1ccc(CC(C(=O)ON2C(=O)c3ccccc3C2=O)c2ccccc2)cc1)OCC1c2ccccc2-c2ccccc21. The first-order valence-corrected chi connectivity index (χ1v) is 14.9. The van der Waals surface area contributed by atoms with Crippen LogP contribution in [0.25, 0.3) is 11.1 Å². The fourth-order valence-corrected chi connectivity index (χ4v) is 6.14. The molecular formula is C38H28N2O6. The van der Waals surface area contributed by atoms with Crippen LogP contribution in [0.2, 0.25) is 0 Å². The third kappa shape index (κ3) is 5.41. The predicted octanol–water partition coefficient (Wildman–Crippen LogP) is 7.13. The van der Waals surface area contributed by atoms with Crippen LogP contribution in [0.3, 0.4) is 0 Å². The molecule has 0 saturated heterocycles. The second-order valence-corrected chi connectivity index (χ2v) is 11.2. The van der Waals surface area contributed by atoms with Crippen LogP contribution < -0.4 is 5.32 Å². The van der Waals surface area contributed by atoms with Crippen molar-refractivity contribution in [2.75, 3.05) is 11.9 Å². The van der Waals surface area contributed by atoms with Gasteiger partial charge in [-0.1, -0.05) is 108 Å². The summed E-state index contributed by atoms with van der Waals surface area (Å²) >= 11 is 0. The lowest BCUT2D eigenvalue weighted by Gasteiger charge is -2.20. The summed E-state index contributed by atoms with van der Waals surface area (Å²) in [6.45, 7) is 0.200. The maximum Gasteiger partial charge on any atom is 0.411 e. The fourth-order valence-electron chi connectivity index (χ4n) is 6.14. The number of carbonyl (C=O) groups excluding carboxylic acids is 4. The Kier molecular flexibility index (Phi) is 7.60. The quantitative estimate of drug-likeness (QED) is 0.188. The van der Waals surface area contributed by atoms with Crippen LogP contribution in [0, 0.1) is 0 Å². The van der Waals surface area contributed by atoms with Crippen molar-refractivity contribution in [3.63, 3.8) is 0 Å². The minimum absolute atomic E-state index is 0.0458. The molecule has 0 fully saturated rings. The number of hydroxylamine groups is 2. The summed E-state index contributed by atoms with van der Waals surface area (Å²) in [5, 5.41) is 3.31. The zero-order valence-electron chi connectivity index (χ0n) is 24.6. The van der Waals surface area contributed by atoms with Gasteiger partial charge >= 0.3 is 12.1 Å². The van der Waals surface area contributed by atoms with E-state index in [1.165, 1.54) is 12.1 Å². The molecule has 1 atom stereocenters. The van der Waals surface area contributed by atoms with Gasteiger partial charge in [0, 0.05) is 11.6 Å². The van der Waals surface area contributed by atoms with E-state index in [0.29, 0.717) is 16.3 Å². The number of hydrogen-bond acceptors (Lipinski definition) is 6. The second-order valence-electron chi connectivity index (χ2n) is 11.2. The topological polar surface area (TPSA) is 102 Å². The molecule has 1 aliphatic carbocycles. The average Bonchev–Trinajstić information content (AvgIpc) is 3.54. The first-order valence-electron chi connectivity index (χ1n) is 14.9. The molecule has 226 valence electrons. The van der Waals surface area contributed by atoms with Crippen LogP contribution in [0.1, 0.15) is 54.8 Å². The van der Waals surface area contributed by atoms with Crippen LogP contribution >= 0.6 is 0 Å². The lowest BCUT2D eigenvalue weighted by Crippen LogP contribution is -2.35. The molecular weight excluding hydrogens is 580 g/mol. The highest BCUT2D eigenvalue weighted by Crippen LogP contribution is 2.44. The van der Waals surface area contributed by atoms with Gasteiger partial charge in [-0.05, 0) is 64.1 Å². The average molecular weight is 609 g/mol. The van der Waals surface area contributed by atoms with Crippen LogP contribution in [0.5, 0.6) is 0 Å². The van der Waals surface area contributed by atoms with Crippen LogP contribution in [-0.4, -0.2) is 35.5 Å². The molecule has 8 heteroatoms. The Labute approximate surface area is 265 Å². The molecule has 3 amide bonds. The molecule has 1 heterocycles. The molecule has 1 N–H and O–H groups in total. The van der Waals surface area contributed by atoms with E-state index in [1.807, 2.05) is 30.3 Å². The van der Waals surface area contributed by atoms with Crippen molar-refractivity contribution in [1.29, 1.82) is 0 Å². The Balaban J connectivity index is 1.01. The molecule has 0 spiro atoms. The van der Waals surface area contributed by atoms with E-state index in [4.69, 9.17) is 9.57 Å². The lowest BCUT2D eigenvalue weighted by atomic mass is 9.92. The molecule has 46 heavy (non-hydrogen) atoms. The molecule has 8 nitrogen and oxygen atoms in total. The van der Waals surface area contributed by atoms with Crippen molar-refractivity contribution in [2.24, 2.45) is 0 Å². The number of amides is 3. The number of benzene rings is 5. The Morgan fingerprint density at radius 1 is 0.652 bits per heavy atom. The largest absolute Gasteiger partial charge is 0.448 e. The number of carbonyl (C=O) groups is 4. The van der Waals surface area contributed by atoms with E-state index in [9.17, 15) is 19.2 Å². The van der Waals surface area contributed by atoms with Crippen molar-refractivity contribution >= 4 is 29.6 Å². The van der Waals surface area contributed by atoms with Crippen LogP contribution in [0.4, 0.5) is 10.5 Å². The summed E-state index contributed by atoms with van der Waals surface area (Å²) < 4.78 is 5.66. The zero-order chi connectivity index (χ0) is 31.6. The summed E-state index contributed by atoms with van der Waals surface area (Å²) in [6, 6.07) is 38.7. The highest BCUT2D eigenvalue weighted by atomic mass is 16.7. The van der Waals surface area contributed by atoms with Crippen molar-refractivity contribution in [1.82, 2.24) is 5.06 Å². The summed E-state index contributed by atoms with van der Waals surface area (Å²) in [4.78, 5) is 57.2. The van der Waals surface area contributed by atoms with Gasteiger partial charge in [0.1, 0.15) is 6.61 Å². The maximum atomic E-state index is 13.5. The van der Waals surface area contributed by atoms with E-state index in [2.05, 4.69) is 29.6 Å². The number of nitrogens with one attached hydrogen (secondary N) is 1. The van der Waals surface area contributed by atoms with Gasteiger partial charge in [-0.2, -0.15) is 0 Å². The molecule has 1 aliphatic heterocycles. The second kappa shape index (κ2) is 12.2. The molecule has 7 rings (SSSR count). The van der Waals surface area contributed by atoms with Crippen LogP contribution in [0.15, 0.2) is 127 Å². The van der Waals surface area contributed by atoms with Crippen molar-refractivity contribution in [3.8, 4) is 11.1 Å². The Morgan fingerprint density at radius 2 is 1.17 bits per heavy atom. The molecule has 2 aliphatic rings. The van der Waals surface area contributed by atoms with Crippen molar-refractivity contribution in [3.05, 3.63) is 161 Å². The monoisotopic (exact) mass is 608 g/mol. The molecule has 1 unspecified atom stereocenters. The van der Waals surface area contributed by atoms with Gasteiger partial charge in [0.2, 0.25) is 0 Å². The van der Waals surface area contributed by atoms with E-state index >= 15 is 0 Å². The Morgan fingerprint density at radius 3 is 1.76 bits per heavy atom. The van der Waals surface area contributed by atoms with Crippen molar-refractivity contribution < 1.29 is 28.8 Å². The highest BCUT2D eigenvalue weighted by molar-refractivity contribution is 6.21. The van der Waals surface area contributed by atoms with E-state index in [0.717, 1.165) is 27.8 Å². The number of ether oxygens (including phenoxy) is 1. The van der Waals surface area contributed by atoms with E-state index in [1.54, 1.807) is 60.7 Å². The van der Waals surface area contributed by atoms with Gasteiger partial charge in [-0.25, -0.2) is 9.59 Å². The van der Waals surface area contributed by atoms with E-state index < -0.39 is 29.8 Å². The van der Waals surface area contributed by atoms with Gasteiger partial charge in [-0.15, -0.1) is 0 Å². The predicted molar refractivity (Wildman–Crippen MR) is 171 cm³/mol. The number of imide groups is 1. The molecule has 5 aromatic rings. The first-order chi connectivity index (χ1) is 22.5. The van der Waals surface area contributed by atoms with Gasteiger partial charge in [0.05, 0.1) is 17.0 Å². The fraction of sp³-hybridized carbons (Fsp3) is 0.105. The summed E-state index contributed by atoms with van der Waals surface area (Å²) in [5.74, 6) is -2.93. The zero-order valence-corrected chi connectivity index (χ0v) is 24.6. The number of rotatable bonds is 8. The third-order valence-corrected chi connectivity index (χ3v) is 8.41. The lowest BCUT2D eigenvalue weighted by molar-refractivity contribution is -0.170. The standard InChI is InChI=1S/C38H28N2O6/c41-35-31-16-8-9-17-32(31)36(42)40(35)46-37(43)33(25-10-2-1-3-11-25)22-24-18-20-26(21-19-24)39-38(44)45-23-34-29-14-6-4-12-27(29)28-13-5-7-15-30(28)34/h1-21,33-34H,22-23H2,(H,39,44). The van der Waals surface area contributed by atoms with E-state index in [-0.39, 0.29) is 30.1 Å². The first kappa shape index (κ1) is 28.7. The number of hydrogen-bond donors (Lipinski definition) is 1. The van der Waals surface area contributed by atoms with Crippen LogP contribution in [-0.2, 0) is 20.8 Å². The number of fused-ring (bicyclic) bond motifs is 4. The number of nitrogens with zero attached hydrogens (tertiary/aromatic N) is 1. The Hall–Kier alpha value is -6.02. The molecule has 0 saturated carbocycles. The molecule has 0 radical (unpaired) electrons. The van der Waals surface area contributed by atoms with Gasteiger partial charge in [0.15, 0.2) is 0 Å². The third-order valence-electron chi connectivity index (χ3n) is 8.41.